The Labute approximate surface area is 126 Å². The molecule has 4 nitrogen and oxygen atoms in total. The van der Waals surface area contributed by atoms with Crippen LogP contribution in [0.1, 0.15) is 17.3 Å². The lowest BCUT2D eigenvalue weighted by molar-refractivity contribution is 0.0610. The Balaban J connectivity index is 2.09. The number of halogens is 3. The Morgan fingerprint density at radius 3 is 2.48 bits per heavy atom. The zero-order chi connectivity index (χ0) is 15.6. The van der Waals surface area contributed by atoms with Crippen LogP contribution < -0.4 is 0 Å². The lowest BCUT2D eigenvalue weighted by Crippen LogP contribution is -2.51. The molecule has 0 spiro atoms. The number of rotatable bonds is 2. The van der Waals surface area contributed by atoms with E-state index < -0.39 is 17.5 Å². The van der Waals surface area contributed by atoms with Crippen molar-refractivity contribution in [2.75, 3.05) is 26.2 Å². The van der Waals surface area contributed by atoms with Crippen molar-refractivity contribution >= 4 is 17.5 Å². The van der Waals surface area contributed by atoms with Gasteiger partial charge in [-0.1, -0.05) is 11.6 Å². The fourth-order valence-corrected chi connectivity index (χ4v) is 2.40. The van der Waals surface area contributed by atoms with Gasteiger partial charge >= 0.3 is 0 Å². The van der Waals surface area contributed by atoms with Gasteiger partial charge in [0, 0.05) is 26.2 Å². The van der Waals surface area contributed by atoms with Crippen molar-refractivity contribution in [1.82, 2.24) is 9.80 Å². The molecule has 0 radical (unpaired) electrons. The summed E-state index contributed by atoms with van der Waals surface area (Å²) in [5, 5.41) is 8.51. The molecule has 1 unspecified atom stereocenters. The van der Waals surface area contributed by atoms with Gasteiger partial charge < -0.3 is 4.90 Å². The Morgan fingerprint density at radius 2 is 1.90 bits per heavy atom. The normalized spacial score (nSPS) is 17.4. The van der Waals surface area contributed by atoms with Crippen LogP contribution in [-0.4, -0.2) is 47.9 Å². The Morgan fingerprint density at radius 1 is 1.29 bits per heavy atom. The first-order valence-electron chi connectivity index (χ1n) is 6.51. The molecule has 1 heterocycles. The molecular weight excluding hydrogens is 300 g/mol. The lowest BCUT2D eigenvalue weighted by atomic mass is 10.1. The van der Waals surface area contributed by atoms with E-state index in [1.165, 1.54) is 4.90 Å². The molecule has 1 aliphatic rings. The van der Waals surface area contributed by atoms with E-state index in [1.54, 1.807) is 6.92 Å². The third-order valence-electron chi connectivity index (χ3n) is 3.58. The number of hydrogen-bond acceptors (Lipinski definition) is 3. The van der Waals surface area contributed by atoms with Crippen molar-refractivity contribution < 1.29 is 13.6 Å². The van der Waals surface area contributed by atoms with Gasteiger partial charge in [-0.25, -0.2) is 8.78 Å². The average Bonchev–Trinajstić information content (AvgIpc) is 2.49. The maximum Gasteiger partial charge on any atom is 0.257 e. The van der Waals surface area contributed by atoms with E-state index in [1.807, 2.05) is 4.90 Å². The van der Waals surface area contributed by atoms with Crippen LogP contribution in [0.4, 0.5) is 8.78 Å². The molecule has 1 amide bonds. The molecule has 1 atom stereocenters. The number of nitriles is 1. The zero-order valence-electron chi connectivity index (χ0n) is 11.4. The van der Waals surface area contributed by atoms with Crippen molar-refractivity contribution in [2.45, 2.75) is 13.0 Å². The quantitative estimate of drug-likeness (QED) is 0.787. The van der Waals surface area contributed by atoms with Crippen LogP contribution in [0.3, 0.4) is 0 Å². The van der Waals surface area contributed by atoms with Crippen LogP contribution in [0.25, 0.3) is 0 Å². The molecule has 0 aromatic heterocycles. The lowest BCUT2D eigenvalue weighted by Gasteiger charge is -2.35. The fourth-order valence-electron chi connectivity index (χ4n) is 2.25. The number of carbonyl (C=O) groups excluding carboxylic acids is 1. The molecule has 1 aromatic rings. The first kappa shape index (κ1) is 15.7. The van der Waals surface area contributed by atoms with Crippen molar-refractivity contribution in [3.63, 3.8) is 0 Å². The van der Waals surface area contributed by atoms with E-state index in [9.17, 15) is 13.6 Å². The highest BCUT2D eigenvalue weighted by atomic mass is 35.5. The van der Waals surface area contributed by atoms with Crippen molar-refractivity contribution in [3.8, 4) is 6.07 Å². The summed E-state index contributed by atoms with van der Waals surface area (Å²) in [5.74, 6) is -2.22. The van der Waals surface area contributed by atoms with Crippen molar-refractivity contribution in [3.05, 3.63) is 34.4 Å². The summed E-state index contributed by atoms with van der Waals surface area (Å²) in [6.45, 7) is 3.57. The molecule has 21 heavy (non-hydrogen) atoms. The molecule has 0 saturated carbocycles. The minimum Gasteiger partial charge on any atom is -0.336 e. The average molecular weight is 314 g/mol. The Bertz CT molecular complexity index is 595. The standard InChI is InChI=1S/C14H14ClF2N3O/c1-9(8-18)19-2-4-20(5-3-19)14(21)10-6-13(17)11(15)7-12(10)16/h6-7,9H,2-5H2,1H3. The molecule has 1 fully saturated rings. The zero-order valence-corrected chi connectivity index (χ0v) is 12.2. The molecule has 0 aliphatic carbocycles. The number of hydrogen-bond donors (Lipinski definition) is 0. The van der Waals surface area contributed by atoms with Crippen LogP contribution in [0.2, 0.25) is 5.02 Å². The topological polar surface area (TPSA) is 47.3 Å². The first-order valence-corrected chi connectivity index (χ1v) is 6.89. The minimum absolute atomic E-state index is 0.230. The molecule has 0 N–H and O–H groups in total. The second-order valence-corrected chi connectivity index (χ2v) is 5.29. The molecule has 1 aromatic carbocycles. The van der Waals surface area contributed by atoms with Gasteiger partial charge in [0.25, 0.3) is 5.91 Å². The van der Waals surface area contributed by atoms with Crippen LogP contribution in [0.5, 0.6) is 0 Å². The third-order valence-corrected chi connectivity index (χ3v) is 3.87. The second-order valence-electron chi connectivity index (χ2n) is 4.88. The van der Waals surface area contributed by atoms with Gasteiger partial charge in [0.1, 0.15) is 11.6 Å². The molecule has 1 saturated heterocycles. The van der Waals surface area contributed by atoms with E-state index >= 15 is 0 Å². The van der Waals surface area contributed by atoms with Crippen LogP contribution in [0, 0.1) is 23.0 Å². The van der Waals surface area contributed by atoms with Gasteiger partial charge in [-0.2, -0.15) is 5.26 Å². The predicted octanol–water partition coefficient (Wildman–Crippen LogP) is 2.29. The smallest absolute Gasteiger partial charge is 0.257 e. The van der Waals surface area contributed by atoms with Gasteiger partial charge in [0.2, 0.25) is 0 Å². The first-order chi connectivity index (χ1) is 9.93. The van der Waals surface area contributed by atoms with Crippen LogP contribution in [-0.2, 0) is 0 Å². The van der Waals surface area contributed by atoms with E-state index in [2.05, 4.69) is 6.07 Å². The van der Waals surface area contributed by atoms with Crippen LogP contribution in [0.15, 0.2) is 12.1 Å². The maximum absolute atomic E-state index is 13.7. The van der Waals surface area contributed by atoms with Crippen LogP contribution >= 0.6 is 11.6 Å². The fraction of sp³-hybridized carbons (Fsp3) is 0.429. The molecule has 1 aliphatic heterocycles. The summed E-state index contributed by atoms with van der Waals surface area (Å²) in [6, 6.07) is 3.53. The molecule has 7 heteroatoms. The van der Waals surface area contributed by atoms with E-state index in [0.29, 0.717) is 26.2 Å². The van der Waals surface area contributed by atoms with Gasteiger partial charge in [-0.15, -0.1) is 0 Å². The molecule has 2 rings (SSSR count). The maximum atomic E-state index is 13.7. The number of piperazine rings is 1. The Kier molecular flexibility index (Phi) is 4.76. The van der Waals surface area contributed by atoms with E-state index in [0.717, 1.165) is 12.1 Å². The summed E-state index contributed by atoms with van der Waals surface area (Å²) >= 11 is 5.47. The van der Waals surface area contributed by atoms with E-state index in [-0.39, 0.29) is 16.6 Å². The van der Waals surface area contributed by atoms with Crippen molar-refractivity contribution in [2.24, 2.45) is 0 Å². The second kappa shape index (κ2) is 6.37. The SMILES string of the molecule is CC(C#N)N1CCN(C(=O)c2cc(F)c(Cl)cc2F)CC1. The summed E-state index contributed by atoms with van der Waals surface area (Å²) in [5.41, 5.74) is -0.321. The largest absolute Gasteiger partial charge is 0.336 e. The summed E-state index contributed by atoms with van der Waals surface area (Å²) in [6.07, 6.45) is 0. The van der Waals surface area contributed by atoms with Gasteiger partial charge in [-0.05, 0) is 19.1 Å². The summed E-state index contributed by atoms with van der Waals surface area (Å²) < 4.78 is 27.1. The monoisotopic (exact) mass is 313 g/mol. The predicted molar refractivity (Wildman–Crippen MR) is 73.9 cm³/mol. The number of nitrogens with zero attached hydrogens (tertiary/aromatic N) is 3. The third kappa shape index (κ3) is 3.31. The summed E-state index contributed by atoms with van der Waals surface area (Å²) in [7, 11) is 0. The van der Waals surface area contributed by atoms with Crippen molar-refractivity contribution in [1.29, 1.82) is 5.26 Å². The number of benzene rings is 1. The number of carbonyl (C=O) groups is 1. The van der Waals surface area contributed by atoms with Gasteiger partial charge in [-0.3, -0.25) is 9.69 Å². The highest BCUT2D eigenvalue weighted by molar-refractivity contribution is 6.30. The molecular formula is C14H14ClF2N3O. The highest BCUT2D eigenvalue weighted by Gasteiger charge is 2.26. The van der Waals surface area contributed by atoms with Gasteiger partial charge in [0.15, 0.2) is 0 Å². The molecule has 112 valence electrons. The summed E-state index contributed by atoms with van der Waals surface area (Å²) in [4.78, 5) is 15.6. The van der Waals surface area contributed by atoms with Gasteiger partial charge in [0.05, 0.1) is 22.7 Å². The molecule has 0 bridgehead atoms. The van der Waals surface area contributed by atoms with E-state index in [4.69, 9.17) is 16.9 Å². The minimum atomic E-state index is -0.834. The highest BCUT2D eigenvalue weighted by Crippen LogP contribution is 2.21. The number of amides is 1. The Hall–Kier alpha value is -1.71.